The maximum absolute atomic E-state index is 9.06. The van der Waals surface area contributed by atoms with E-state index in [4.69, 9.17) is 5.11 Å². The Hall–Kier alpha value is -0.830. The Balaban J connectivity index is 2.79. The molecule has 11 heavy (non-hydrogen) atoms. The molecule has 1 N–H and O–H groups in total. The van der Waals surface area contributed by atoms with Gasteiger partial charge in [0.25, 0.3) is 0 Å². The van der Waals surface area contributed by atoms with E-state index in [2.05, 4.69) is 22.5 Å². The smallest absolute Gasteiger partial charge is 0.211 e. The number of hydrogen-bond donors (Lipinski definition) is 1. The molecule has 0 saturated carbocycles. The van der Waals surface area contributed by atoms with Crippen LogP contribution < -0.4 is 4.57 Å². The molecule has 0 atom stereocenters. The van der Waals surface area contributed by atoms with Gasteiger partial charge in [0.1, 0.15) is 0 Å². The van der Waals surface area contributed by atoms with E-state index in [0.29, 0.717) is 6.54 Å². The van der Waals surface area contributed by atoms with Crippen LogP contribution in [0.15, 0.2) is 35.6 Å². The first kappa shape index (κ1) is 8.27. The summed E-state index contributed by atoms with van der Waals surface area (Å²) >= 11 is 3.24. The zero-order chi connectivity index (χ0) is 8.27. The van der Waals surface area contributed by atoms with Crippen LogP contribution in [0.25, 0.3) is 0 Å². The van der Waals surface area contributed by atoms with Gasteiger partial charge in [-0.15, -0.1) is 0 Å². The lowest BCUT2D eigenvalue weighted by Crippen LogP contribution is -2.32. The third-order valence-electron chi connectivity index (χ3n) is 1.20. The fourth-order valence-electron chi connectivity index (χ4n) is 0.805. The number of aromatic hydroxyl groups is 1. The second-order valence-electron chi connectivity index (χ2n) is 2.25. The summed E-state index contributed by atoms with van der Waals surface area (Å²) in [7, 11) is 0. The summed E-state index contributed by atoms with van der Waals surface area (Å²) in [5.74, 6) is 0.265. The van der Waals surface area contributed by atoms with Gasteiger partial charge in [-0.05, 0) is 22.0 Å². The van der Waals surface area contributed by atoms with Crippen LogP contribution in [0, 0.1) is 0 Å². The normalized spacial score (nSPS) is 9.55. The molecule has 1 aromatic rings. The molecule has 0 aromatic carbocycles. The molecule has 0 fully saturated rings. The summed E-state index contributed by atoms with van der Waals surface area (Å²) in [5, 5.41) is 9.06. The van der Waals surface area contributed by atoms with Gasteiger partial charge < -0.3 is 5.11 Å². The molecule has 3 heteroatoms. The minimum atomic E-state index is 0.265. The maximum Gasteiger partial charge on any atom is 0.211 e. The van der Waals surface area contributed by atoms with Crippen molar-refractivity contribution in [1.29, 1.82) is 0 Å². The highest BCUT2D eigenvalue weighted by atomic mass is 79.9. The van der Waals surface area contributed by atoms with Gasteiger partial charge in [0.2, 0.25) is 6.20 Å². The first-order valence-electron chi connectivity index (χ1n) is 3.20. The zero-order valence-corrected chi connectivity index (χ0v) is 7.58. The second-order valence-corrected chi connectivity index (χ2v) is 3.37. The quantitative estimate of drug-likeness (QED) is 0.744. The lowest BCUT2D eigenvalue weighted by atomic mass is 10.4. The lowest BCUT2D eigenvalue weighted by Gasteiger charge is -1.93. The van der Waals surface area contributed by atoms with Gasteiger partial charge in [0.15, 0.2) is 18.5 Å². The molecule has 2 nitrogen and oxygen atoms in total. The summed E-state index contributed by atoms with van der Waals surface area (Å²) in [5.41, 5.74) is 0. The first-order chi connectivity index (χ1) is 5.18. The molecular formula is C8H9BrNO+. The molecule has 1 aromatic heterocycles. The highest BCUT2D eigenvalue weighted by Gasteiger charge is 2.00. The maximum atomic E-state index is 9.06. The predicted octanol–water partition coefficient (Wildman–Crippen LogP) is 1.59. The van der Waals surface area contributed by atoms with E-state index in [1.165, 1.54) is 0 Å². The SMILES string of the molecule is C=C(Br)C[n+]1cccc(O)c1. The Morgan fingerprint density at radius 2 is 2.45 bits per heavy atom. The molecule has 1 rings (SSSR count). The zero-order valence-electron chi connectivity index (χ0n) is 6.00. The molecule has 0 amide bonds. The Morgan fingerprint density at radius 3 is 3.00 bits per heavy atom. The van der Waals surface area contributed by atoms with Crippen LogP contribution in [-0.2, 0) is 6.54 Å². The van der Waals surface area contributed by atoms with E-state index in [9.17, 15) is 0 Å². The molecule has 1 heterocycles. The minimum absolute atomic E-state index is 0.265. The molecule has 0 saturated heterocycles. The van der Waals surface area contributed by atoms with Crippen molar-refractivity contribution in [3.8, 4) is 5.75 Å². The first-order valence-corrected chi connectivity index (χ1v) is 3.99. The average Bonchev–Trinajstić information content (AvgIpc) is 1.85. The van der Waals surface area contributed by atoms with Crippen molar-refractivity contribution >= 4 is 15.9 Å². The van der Waals surface area contributed by atoms with Gasteiger partial charge in [-0.2, -0.15) is 4.57 Å². The number of rotatable bonds is 2. The van der Waals surface area contributed by atoms with Crippen LogP contribution in [0.1, 0.15) is 0 Å². The molecule has 0 spiro atoms. The van der Waals surface area contributed by atoms with Gasteiger partial charge in [-0.25, -0.2) is 0 Å². The largest absolute Gasteiger partial charge is 0.503 e. The predicted molar refractivity (Wildman–Crippen MR) is 46.4 cm³/mol. The molecular weight excluding hydrogens is 206 g/mol. The van der Waals surface area contributed by atoms with Crippen molar-refractivity contribution in [1.82, 2.24) is 0 Å². The molecule has 58 valence electrons. The van der Waals surface area contributed by atoms with Gasteiger partial charge in [0, 0.05) is 6.07 Å². The molecule has 0 aliphatic rings. The van der Waals surface area contributed by atoms with Crippen LogP contribution >= 0.6 is 15.9 Å². The van der Waals surface area contributed by atoms with Crippen molar-refractivity contribution in [2.24, 2.45) is 0 Å². The van der Waals surface area contributed by atoms with Crippen molar-refractivity contribution < 1.29 is 9.67 Å². The van der Waals surface area contributed by atoms with E-state index in [1.807, 2.05) is 10.8 Å². The Kier molecular flexibility index (Phi) is 2.65. The number of aromatic nitrogens is 1. The van der Waals surface area contributed by atoms with Gasteiger partial charge in [0.05, 0.1) is 4.48 Å². The third kappa shape index (κ3) is 2.72. The summed E-state index contributed by atoms with van der Waals surface area (Å²) in [6, 6.07) is 3.42. The highest BCUT2D eigenvalue weighted by molar-refractivity contribution is 9.11. The van der Waals surface area contributed by atoms with E-state index in [0.717, 1.165) is 4.48 Å². The van der Waals surface area contributed by atoms with Gasteiger partial charge in [-0.1, -0.05) is 6.58 Å². The fourth-order valence-corrected chi connectivity index (χ4v) is 1.09. The summed E-state index contributed by atoms with van der Waals surface area (Å²) in [4.78, 5) is 0. The van der Waals surface area contributed by atoms with Crippen LogP contribution in [-0.4, -0.2) is 5.11 Å². The molecule has 0 bridgehead atoms. The second kappa shape index (κ2) is 3.53. The van der Waals surface area contributed by atoms with E-state index < -0.39 is 0 Å². The molecule has 0 aliphatic heterocycles. The number of halogens is 1. The minimum Gasteiger partial charge on any atom is -0.503 e. The van der Waals surface area contributed by atoms with Crippen molar-refractivity contribution in [3.05, 3.63) is 35.6 Å². The van der Waals surface area contributed by atoms with Crippen molar-refractivity contribution in [2.45, 2.75) is 6.54 Å². The van der Waals surface area contributed by atoms with Crippen molar-refractivity contribution in [2.75, 3.05) is 0 Å². The third-order valence-corrected chi connectivity index (χ3v) is 1.45. The monoisotopic (exact) mass is 214 g/mol. The standard InChI is InChI=1S/C8H8BrNO/c1-7(9)5-10-4-2-3-8(11)6-10/h2-4,6H,1,5H2/p+1. The van der Waals surface area contributed by atoms with Crippen LogP contribution in [0.4, 0.5) is 0 Å². The molecule has 0 aliphatic carbocycles. The highest BCUT2D eigenvalue weighted by Crippen LogP contribution is 2.03. The summed E-state index contributed by atoms with van der Waals surface area (Å²) in [6.45, 7) is 4.37. The Bertz CT molecular complexity index is 273. The van der Waals surface area contributed by atoms with E-state index in [-0.39, 0.29) is 5.75 Å². The summed E-state index contributed by atoms with van der Waals surface area (Å²) < 4.78 is 2.72. The van der Waals surface area contributed by atoms with Crippen LogP contribution in [0.3, 0.4) is 0 Å². The molecule has 0 unspecified atom stereocenters. The van der Waals surface area contributed by atoms with Crippen LogP contribution in [0.2, 0.25) is 0 Å². The Labute approximate surface area is 73.9 Å². The van der Waals surface area contributed by atoms with Crippen LogP contribution in [0.5, 0.6) is 5.75 Å². The molecule has 0 radical (unpaired) electrons. The fraction of sp³-hybridized carbons (Fsp3) is 0.125. The number of allylic oxidation sites excluding steroid dienone is 1. The summed E-state index contributed by atoms with van der Waals surface area (Å²) in [6.07, 6.45) is 3.51. The number of nitrogens with zero attached hydrogens (tertiary/aromatic N) is 1. The van der Waals surface area contributed by atoms with Gasteiger partial charge >= 0.3 is 0 Å². The number of pyridine rings is 1. The Morgan fingerprint density at radius 1 is 1.73 bits per heavy atom. The lowest BCUT2D eigenvalue weighted by molar-refractivity contribution is -0.687. The van der Waals surface area contributed by atoms with Gasteiger partial charge in [-0.3, -0.25) is 0 Å². The van der Waals surface area contributed by atoms with Crippen molar-refractivity contribution in [3.63, 3.8) is 0 Å². The topological polar surface area (TPSA) is 24.1 Å². The van der Waals surface area contributed by atoms with E-state index >= 15 is 0 Å². The average molecular weight is 215 g/mol. The van der Waals surface area contributed by atoms with E-state index in [1.54, 1.807) is 18.3 Å². The number of hydrogen-bond acceptors (Lipinski definition) is 1.